The second-order valence-electron chi connectivity index (χ2n) is 26.8. The Kier molecular flexibility index (Phi) is 39.8. The van der Waals surface area contributed by atoms with Gasteiger partial charge in [0, 0.05) is 48.3 Å². The number of rotatable bonds is 45. The van der Waals surface area contributed by atoms with Gasteiger partial charge in [-0.3, -0.25) is 9.59 Å². The van der Waals surface area contributed by atoms with Gasteiger partial charge in [-0.15, -0.1) is 51.8 Å². The van der Waals surface area contributed by atoms with Gasteiger partial charge in [-0.25, -0.2) is 8.78 Å². The van der Waals surface area contributed by atoms with Gasteiger partial charge in [-0.2, -0.15) is 0 Å². The van der Waals surface area contributed by atoms with Gasteiger partial charge in [0.15, 0.2) is 0 Å². The lowest BCUT2D eigenvalue weighted by atomic mass is 9.88. The first-order valence-corrected chi connectivity index (χ1v) is 41.3. The third-order valence-corrected chi connectivity index (χ3v) is 23.5. The molecule has 0 spiro atoms. The average Bonchev–Trinajstić information content (AvgIpc) is 1.18. The van der Waals surface area contributed by atoms with Crippen molar-refractivity contribution in [2.75, 3.05) is 0 Å². The number of terminal acetylenes is 1. The number of aryl methyl sites for hydroxylation is 4. The standard InChI is InChI=1S/C90H108F2N2O2S4/c1-9-15-21-27-33-35-36-37-38-39-40-41-42-44-48-53-58-73(57-51-45-29-23-17-11-3)64-75-66-83(98-72(75)8)77-68-81-82(93(89(77)95)61-55-49-31-25-19-13-5)69-78(90(96)94(81)62-56-50-32-26-20-14-6)84-67-76(86(99-84)85-70-80(92)88(100-85)87-79(91)63-71(7)97-87)65-74(59-52-46-30-24-18-12-4)60-54-47-43-34-28-22-16-10-2/h1,63,66-70,73-74H,10-14,16-20,22-26,28-32,34,43,45-47,49-52,54-57,59-62,64-65H2,2-8H3. The van der Waals surface area contributed by atoms with Gasteiger partial charge in [0.1, 0.15) is 11.6 Å². The zero-order chi connectivity index (χ0) is 71.4. The van der Waals surface area contributed by atoms with Crippen LogP contribution in [0.25, 0.3) is 51.4 Å². The van der Waals surface area contributed by atoms with Crippen LogP contribution in [0.2, 0.25) is 0 Å². The van der Waals surface area contributed by atoms with Crippen LogP contribution in [0.3, 0.4) is 0 Å². The molecule has 2 unspecified atom stereocenters. The SMILES string of the molecule is C#CC#CC#CC#CC#CC#CC#CC#CC#CC(CCCCCCCC)Cc1cc(-c2cc3c(cc(-c4cc(CC(CCCCCCCC)CCCCCCCCCC)c(-c5cc(F)c(-c6sc(C)cc6F)s5)s4)c(=O)n3CCCCCCCC)n(CCCCCCCC)c2=O)sc1C. The number of halogens is 2. The Morgan fingerprint density at radius 3 is 1.19 bits per heavy atom. The van der Waals surface area contributed by atoms with Crippen LogP contribution >= 0.6 is 45.3 Å². The van der Waals surface area contributed by atoms with E-state index in [2.05, 4.69) is 154 Å². The van der Waals surface area contributed by atoms with E-state index in [1.165, 1.54) is 157 Å². The number of hydrogen-bond acceptors (Lipinski definition) is 6. The van der Waals surface area contributed by atoms with Crippen LogP contribution in [0.4, 0.5) is 8.78 Å². The topological polar surface area (TPSA) is 44.0 Å². The molecule has 6 aromatic rings. The Morgan fingerprint density at radius 1 is 0.380 bits per heavy atom. The number of hydrogen-bond donors (Lipinski definition) is 0. The summed E-state index contributed by atoms with van der Waals surface area (Å²) in [6, 6.07) is 11.6. The predicted molar refractivity (Wildman–Crippen MR) is 431 cm³/mol. The van der Waals surface area contributed by atoms with E-state index in [1.807, 2.05) is 28.2 Å². The van der Waals surface area contributed by atoms with E-state index in [0.29, 0.717) is 46.3 Å². The highest BCUT2D eigenvalue weighted by Gasteiger charge is 2.26. The van der Waals surface area contributed by atoms with Crippen molar-refractivity contribution in [1.29, 1.82) is 0 Å². The van der Waals surface area contributed by atoms with E-state index < -0.39 is 11.6 Å². The second-order valence-corrected chi connectivity index (χ2v) is 31.4. The zero-order valence-corrected chi connectivity index (χ0v) is 64.6. The minimum absolute atomic E-state index is 0.0373. The molecule has 0 aliphatic carbocycles. The molecular formula is C90H108F2N2O2S4. The molecule has 4 nitrogen and oxygen atoms in total. The molecule has 0 aliphatic heterocycles. The van der Waals surface area contributed by atoms with E-state index in [9.17, 15) is 0 Å². The fraction of sp³-hybridized carbons (Fsp3) is 0.533. The van der Waals surface area contributed by atoms with Crippen LogP contribution in [-0.4, -0.2) is 9.13 Å². The summed E-state index contributed by atoms with van der Waals surface area (Å²) in [4.78, 5) is 37.8. The molecule has 2 atom stereocenters. The molecule has 10 heteroatoms. The molecule has 6 rings (SSSR count). The van der Waals surface area contributed by atoms with Crippen molar-refractivity contribution in [2.24, 2.45) is 11.8 Å². The molecule has 0 N–H and O–H groups in total. The number of pyridine rings is 2. The van der Waals surface area contributed by atoms with Crippen molar-refractivity contribution < 1.29 is 8.78 Å². The third kappa shape index (κ3) is 28.4. The molecule has 6 aromatic heterocycles. The van der Waals surface area contributed by atoms with Gasteiger partial charge in [-0.1, -0.05) is 246 Å². The Bertz CT molecular complexity index is 4240. The third-order valence-electron chi connectivity index (χ3n) is 18.7. The van der Waals surface area contributed by atoms with Crippen molar-refractivity contribution in [3.63, 3.8) is 0 Å². The molecule has 0 aliphatic rings. The maximum absolute atomic E-state index is 16.5. The summed E-state index contributed by atoms with van der Waals surface area (Å²) in [6.07, 6.45) is 47.2. The van der Waals surface area contributed by atoms with Gasteiger partial charge >= 0.3 is 0 Å². The summed E-state index contributed by atoms with van der Waals surface area (Å²) in [5.74, 6) is 45.3. The molecule has 0 radical (unpaired) electrons. The zero-order valence-electron chi connectivity index (χ0n) is 61.4. The van der Waals surface area contributed by atoms with Crippen molar-refractivity contribution in [1.82, 2.24) is 9.13 Å². The Hall–Kier alpha value is -7.14. The van der Waals surface area contributed by atoms with Gasteiger partial charge in [0.25, 0.3) is 11.1 Å². The van der Waals surface area contributed by atoms with Crippen molar-refractivity contribution in [3.05, 3.63) is 89.6 Å². The molecule has 0 fully saturated rings. The maximum Gasteiger partial charge on any atom is 0.259 e. The van der Waals surface area contributed by atoms with Crippen LogP contribution in [-0.2, 0) is 25.9 Å². The van der Waals surface area contributed by atoms with E-state index in [-0.39, 0.29) is 17.0 Å². The second kappa shape index (κ2) is 48.6. The molecule has 0 bridgehead atoms. The Labute approximate surface area is 617 Å². The summed E-state index contributed by atoms with van der Waals surface area (Å²) in [5, 5.41) is 0. The number of thiophene rings is 4. The fourth-order valence-corrected chi connectivity index (χ4v) is 17.6. The van der Waals surface area contributed by atoms with Gasteiger partial charge < -0.3 is 9.13 Å². The fourth-order valence-electron chi connectivity index (χ4n) is 13.1. The Morgan fingerprint density at radius 2 is 0.750 bits per heavy atom. The molecule has 528 valence electrons. The van der Waals surface area contributed by atoms with Gasteiger partial charge in [-0.05, 0) is 194 Å². The minimum Gasteiger partial charge on any atom is -0.306 e. The predicted octanol–water partition coefficient (Wildman–Crippen LogP) is 24.7. The highest BCUT2D eigenvalue weighted by atomic mass is 32.1. The lowest BCUT2D eigenvalue weighted by molar-refractivity contribution is 0.401. The summed E-state index contributed by atoms with van der Waals surface area (Å²) in [5.41, 5.74) is 4.90. The van der Waals surface area contributed by atoms with Crippen molar-refractivity contribution >= 4 is 56.4 Å². The molecule has 100 heavy (non-hydrogen) atoms. The Balaban J connectivity index is 1.47. The van der Waals surface area contributed by atoms with Crippen LogP contribution in [0.5, 0.6) is 0 Å². The van der Waals surface area contributed by atoms with E-state index >= 15 is 18.4 Å². The van der Waals surface area contributed by atoms with Crippen LogP contribution in [0.15, 0.2) is 46.0 Å². The number of fused-ring (bicyclic) bond motifs is 1. The number of unbranched alkanes of at least 4 members (excludes halogenated alkanes) is 27. The first-order valence-electron chi connectivity index (χ1n) is 38.0. The molecule has 0 saturated carbocycles. The molecule has 6 heterocycles. The molecule has 0 saturated heterocycles. The smallest absolute Gasteiger partial charge is 0.259 e. The molecule has 0 aromatic carbocycles. The van der Waals surface area contributed by atoms with Gasteiger partial charge in [0.05, 0.1) is 31.9 Å². The quantitative estimate of drug-likeness (QED) is 0.0282. The van der Waals surface area contributed by atoms with E-state index in [1.54, 1.807) is 28.7 Å². The van der Waals surface area contributed by atoms with Crippen molar-refractivity contribution in [2.45, 2.75) is 299 Å². The van der Waals surface area contributed by atoms with Crippen molar-refractivity contribution in [3.8, 4) is 147 Å². The van der Waals surface area contributed by atoms with Crippen LogP contribution in [0, 0.1) is 144 Å². The normalized spacial score (nSPS) is 11.2. The minimum atomic E-state index is -0.421. The maximum atomic E-state index is 16.5. The highest BCUT2D eigenvalue weighted by molar-refractivity contribution is 7.27. The summed E-state index contributed by atoms with van der Waals surface area (Å²) < 4.78 is 36.1. The van der Waals surface area contributed by atoms with Crippen LogP contribution < -0.4 is 11.1 Å². The van der Waals surface area contributed by atoms with E-state index in [4.69, 9.17) is 6.42 Å². The lowest BCUT2D eigenvalue weighted by Gasteiger charge is -2.18. The monoisotopic (exact) mass is 1410 g/mol. The lowest BCUT2D eigenvalue weighted by Crippen LogP contribution is -2.28. The first-order chi connectivity index (χ1) is 49.0. The highest BCUT2D eigenvalue weighted by Crippen LogP contribution is 2.47. The largest absolute Gasteiger partial charge is 0.306 e. The summed E-state index contributed by atoms with van der Waals surface area (Å²) >= 11 is 5.82. The molecule has 0 amide bonds. The first kappa shape index (κ1) is 81.8. The van der Waals surface area contributed by atoms with Gasteiger partial charge in [0.2, 0.25) is 0 Å². The number of aromatic nitrogens is 2. The summed E-state index contributed by atoms with van der Waals surface area (Å²) in [7, 11) is 0. The summed E-state index contributed by atoms with van der Waals surface area (Å²) in [6.45, 7) is 16.3. The average molecular weight is 1420 g/mol. The molecular weight excluding hydrogens is 1310 g/mol. The van der Waals surface area contributed by atoms with Crippen LogP contribution in [0.1, 0.15) is 280 Å². The number of nitrogens with zero attached hydrogens (tertiary/aromatic N) is 2. The van der Waals surface area contributed by atoms with E-state index in [0.717, 1.165) is 154 Å².